The van der Waals surface area contributed by atoms with Crippen LogP contribution < -0.4 is 0 Å². The Bertz CT molecular complexity index is 776. The topological polar surface area (TPSA) is 86.7 Å². The third-order valence-electron chi connectivity index (χ3n) is 4.01. The Balaban J connectivity index is 1.67. The van der Waals surface area contributed by atoms with Gasteiger partial charge in [-0.3, -0.25) is 19.2 Å². The summed E-state index contributed by atoms with van der Waals surface area (Å²) in [5.74, 6) is -2.00. The molecular formula is C22H22O6. The van der Waals surface area contributed by atoms with Gasteiger partial charge in [0.1, 0.15) is 0 Å². The van der Waals surface area contributed by atoms with Crippen molar-refractivity contribution in [3.63, 3.8) is 0 Å². The number of ketones is 2. The van der Waals surface area contributed by atoms with E-state index in [0.29, 0.717) is 11.1 Å². The summed E-state index contributed by atoms with van der Waals surface area (Å²) in [6.45, 7) is 3.04. The maximum atomic E-state index is 11.9. The van der Waals surface area contributed by atoms with Gasteiger partial charge in [-0.05, 0) is 13.8 Å². The maximum absolute atomic E-state index is 11.9. The largest absolute Gasteiger partial charge is 0.457 e. The molecule has 0 aliphatic carbocycles. The van der Waals surface area contributed by atoms with Gasteiger partial charge < -0.3 is 9.47 Å². The summed E-state index contributed by atoms with van der Waals surface area (Å²) in [5, 5.41) is 0. The first-order chi connectivity index (χ1) is 13.3. The number of hydrogen-bond donors (Lipinski definition) is 0. The van der Waals surface area contributed by atoms with E-state index in [-0.39, 0.29) is 37.6 Å². The average molecular weight is 382 g/mol. The Morgan fingerprint density at radius 1 is 0.607 bits per heavy atom. The highest BCUT2D eigenvalue weighted by atomic mass is 16.5. The van der Waals surface area contributed by atoms with Gasteiger partial charge in [0, 0.05) is 11.1 Å². The highest BCUT2D eigenvalue weighted by Gasteiger charge is 2.14. The number of carbonyl (C=O) groups excluding carboxylic acids is 4. The first kappa shape index (κ1) is 21.0. The molecule has 2 rings (SSSR count). The van der Waals surface area contributed by atoms with Crippen LogP contribution in [0.25, 0.3) is 0 Å². The number of rotatable bonds is 9. The van der Waals surface area contributed by atoms with Crippen LogP contribution >= 0.6 is 0 Å². The Kier molecular flexibility index (Phi) is 7.63. The normalized spacial score (nSPS) is 10.2. The molecule has 2 aromatic rings. The molecule has 0 radical (unpaired) electrons. The molecular weight excluding hydrogens is 360 g/mol. The first-order valence-electron chi connectivity index (χ1n) is 8.86. The van der Waals surface area contributed by atoms with Gasteiger partial charge in [0.05, 0.1) is 12.8 Å². The van der Waals surface area contributed by atoms with Crippen LogP contribution in [0.2, 0.25) is 0 Å². The number of esters is 2. The minimum atomic E-state index is -0.678. The first-order valence-corrected chi connectivity index (χ1v) is 8.86. The lowest BCUT2D eigenvalue weighted by Gasteiger charge is -2.06. The molecule has 0 aromatic heterocycles. The Morgan fingerprint density at radius 2 is 0.929 bits per heavy atom. The molecule has 0 fully saturated rings. The SMILES string of the molecule is Cc1ccc(C(=O)COC(=O)CCC(=O)OCC(=O)c2ccc(C)cc2)cc1. The minimum Gasteiger partial charge on any atom is -0.457 e. The van der Waals surface area contributed by atoms with Crippen LogP contribution in [0, 0.1) is 13.8 Å². The van der Waals surface area contributed by atoms with E-state index < -0.39 is 11.9 Å². The molecule has 0 aliphatic rings. The fourth-order valence-corrected chi connectivity index (χ4v) is 2.29. The molecule has 0 N–H and O–H groups in total. The molecule has 0 atom stereocenters. The quantitative estimate of drug-likeness (QED) is 0.489. The smallest absolute Gasteiger partial charge is 0.306 e. The number of hydrogen-bond acceptors (Lipinski definition) is 6. The van der Waals surface area contributed by atoms with Gasteiger partial charge in [-0.2, -0.15) is 0 Å². The second-order valence-corrected chi connectivity index (χ2v) is 6.40. The summed E-state index contributed by atoms with van der Waals surface area (Å²) in [7, 11) is 0. The molecule has 28 heavy (non-hydrogen) atoms. The monoisotopic (exact) mass is 382 g/mol. The van der Waals surface area contributed by atoms with E-state index in [4.69, 9.17) is 9.47 Å². The van der Waals surface area contributed by atoms with Gasteiger partial charge in [0.15, 0.2) is 24.8 Å². The molecule has 146 valence electrons. The van der Waals surface area contributed by atoms with Crippen LogP contribution in [0.5, 0.6) is 0 Å². The lowest BCUT2D eigenvalue weighted by Crippen LogP contribution is -2.17. The predicted molar refractivity (Wildman–Crippen MR) is 102 cm³/mol. The van der Waals surface area contributed by atoms with E-state index >= 15 is 0 Å². The molecule has 0 unspecified atom stereocenters. The number of aryl methyl sites for hydroxylation is 2. The molecule has 6 heteroatoms. The predicted octanol–water partition coefficient (Wildman–Crippen LogP) is 3.24. The summed E-state index contributed by atoms with van der Waals surface area (Å²) in [6, 6.07) is 13.8. The second-order valence-electron chi connectivity index (χ2n) is 6.40. The molecule has 0 spiro atoms. The van der Waals surface area contributed by atoms with Crippen molar-refractivity contribution in [2.24, 2.45) is 0 Å². The molecule has 0 amide bonds. The summed E-state index contributed by atoms with van der Waals surface area (Å²) in [4.78, 5) is 47.2. The van der Waals surface area contributed by atoms with Crippen molar-refractivity contribution in [2.45, 2.75) is 26.7 Å². The highest BCUT2D eigenvalue weighted by molar-refractivity contribution is 5.98. The van der Waals surface area contributed by atoms with Crippen molar-refractivity contribution >= 4 is 23.5 Å². The van der Waals surface area contributed by atoms with Crippen LogP contribution in [-0.4, -0.2) is 36.7 Å². The fourth-order valence-electron chi connectivity index (χ4n) is 2.29. The number of carbonyl (C=O) groups is 4. The molecule has 6 nitrogen and oxygen atoms in total. The van der Waals surface area contributed by atoms with Gasteiger partial charge in [-0.1, -0.05) is 59.7 Å². The Labute approximate surface area is 163 Å². The van der Waals surface area contributed by atoms with Crippen LogP contribution in [0.1, 0.15) is 44.7 Å². The summed E-state index contributed by atoms with van der Waals surface area (Å²) in [6.07, 6.45) is -0.447. The Morgan fingerprint density at radius 3 is 1.25 bits per heavy atom. The summed E-state index contributed by atoms with van der Waals surface area (Å²) >= 11 is 0. The van der Waals surface area contributed by atoms with E-state index in [1.54, 1.807) is 48.5 Å². The zero-order valence-corrected chi connectivity index (χ0v) is 15.9. The van der Waals surface area contributed by atoms with E-state index in [1.807, 2.05) is 13.8 Å². The highest BCUT2D eigenvalue weighted by Crippen LogP contribution is 2.06. The molecule has 0 saturated carbocycles. The van der Waals surface area contributed by atoms with Crippen molar-refractivity contribution in [1.29, 1.82) is 0 Å². The molecule has 2 aromatic carbocycles. The summed E-state index contributed by atoms with van der Waals surface area (Å²) < 4.78 is 9.76. The van der Waals surface area contributed by atoms with E-state index in [9.17, 15) is 19.2 Å². The molecule has 0 saturated heterocycles. The van der Waals surface area contributed by atoms with Gasteiger partial charge in [0.25, 0.3) is 0 Å². The van der Waals surface area contributed by atoms with Crippen molar-refractivity contribution in [1.82, 2.24) is 0 Å². The third-order valence-corrected chi connectivity index (χ3v) is 4.01. The lowest BCUT2D eigenvalue weighted by molar-refractivity contribution is -0.149. The van der Waals surface area contributed by atoms with Gasteiger partial charge in [-0.25, -0.2) is 0 Å². The standard InChI is InChI=1S/C22H22O6/c1-15-3-7-17(8-4-15)19(23)13-27-21(25)11-12-22(26)28-14-20(24)18-9-5-16(2)6-10-18/h3-10H,11-14H2,1-2H3. The molecule has 0 bridgehead atoms. The number of ether oxygens (including phenoxy) is 2. The molecule has 0 heterocycles. The van der Waals surface area contributed by atoms with Crippen LogP contribution in [-0.2, 0) is 19.1 Å². The maximum Gasteiger partial charge on any atom is 0.306 e. The van der Waals surface area contributed by atoms with E-state index in [1.165, 1.54) is 0 Å². The lowest BCUT2D eigenvalue weighted by atomic mass is 10.1. The summed E-state index contributed by atoms with van der Waals surface area (Å²) in [5.41, 5.74) is 2.95. The number of Topliss-reactive ketones (excluding diaryl/α,β-unsaturated/α-hetero) is 2. The Hall–Kier alpha value is -3.28. The fraction of sp³-hybridized carbons (Fsp3) is 0.273. The van der Waals surface area contributed by atoms with Gasteiger partial charge >= 0.3 is 11.9 Å². The number of benzene rings is 2. The third kappa shape index (κ3) is 6.79. The van der Waals surface area contributed by atoms with E-state index in [0.717, 1.165) is 11.1 Å². The van der Waals surface area contributed by atoms with Crippen molar-refractivity contribution < 1.29 is 28.7 Å². The molecule has 0 aliphatic heterocycles. The van der Waals surface area contributed by atoms with Crippen molar-refractivity contribution in [3.05, 3.63) is 70.8 Å². The zero-order valence-electron chi connectivity index (χ0n) is 15.9. The van der Waals surface area contributed by atoms with Crippen molar-refractivity contribution in [2.75, 3.05) is 13.2 Å². The van der Waals surface area contributed by atoms with Crippen LogP contribution in [0.15, 0.2) is 48.5 Å². The average Bonchev–Trinajstić information content (AvgIpc) is 2.69. The van der Waals surface area contributed by atoms with Gasteiger partial charge in [-0.15, -0.1) is 0 Å². The zero-order chi connectivity index (χ0) is 20.5. The minimum absolute atomic E-state index is 0.223. The van der Waals surface area contributed by atoms with Gasteiger partial charge in [0.2, 0.25) is 0 Å². The van der Waals surface area contributed by atoms with Crippen molar-refractivity contribution in [3.8, 4) is 0 Å². The van der Waals surface area contributed by atoms with Crippen LogP contribution in [0.3, 0.4) is 0 Å². The second kappa shape index (κ2) is 10.2. The van der Waals surface area contributed by atoms with E-state index in [2.05, 4.69) is 0 Å². The van der Waals surface area contributed by atoms with Crippen LogP contribution in [0.4, 0.5) is 0 Å².